The van der Waals surface area contributed by atoms with Crippen LogP contribution in [-0.4, -0.2) is 69.8 Å². The van der Waals surface area contributed by atoms with Crippen molar-refractivity contribution in [1.82, 2.24) is 4.90 Å². The maximum atomic E-state index is 12.0. The number of benzene rings is 1. The van der Waals surface area contributed by atoms with Crippen LogP contribution >= 0.6 is 0 Å². The monoisotopic (exact) mass is 394 g/mol. The fourth-order valence-electron chi connectivity index (χ4n) is 3.14. The molecule has 2 aliphatic heterocycles. The number of aryl methyl sites for hydroxylation is 1. The minimum Gasteiger partial charge on any atom is -0.669 e. The number of ether oxygens (including phenoxy) is 1. The number of likely N-dealkylation sites (tertiary alicyclic amines) is 1. The zero-order valence-corrected chi connectivity index (χ0v) is 14.9. The molecule has 0 aromatic heterocycles. The maximum absolute atomic E-state index is 12.0. The molecule has 12 heteroatoms. The number of rotatable bonds is 6. The summed E-state index contributed by atoms with van der Waals surface area (Å²) in [5.74, 6) is -2.58. The second-order valence-electron chi connectivity index (χ2n) is 7.00. The second kappa shape index (κ2) is 7.30. The molecule has 0 aliphatic carbocycles. The molecule has 1 fully saturated rings. The molecule has 3 rings (SSSR count). The van der Waals surface area contributed by atoms with Crippen molar-refractivity contribution in [3.63, 3.8) is 0 Å². The lowest BCUT2D eigenvalue weighted by Gasteiger charge is -2.40. The Morgan fingerprint density at radius 2 is 2.00 bits per heavy atom. The predicted molar refractivity (Wildman–Crippen MR) is 95.5 cm³/mol. The Balaban J connectivity index is 1.69. The molecule has 0 radical (unpaired) electrons. The van der Waals surface area contributed by atoms with Gasteiger partial charge in [-0.2, -0.15) is 0 Å². The van der Waals surface area contributed by atoms with Gasteiger partial charge in [0.25, 0.3) is 0 Å². The van der Waals surface area contributed by atoms with Gasteiger partial charge >= 0.3 is 12.7 Å². The van der Waals surface area contributed by atoms with Crippen molar-refractivity contribution in [2.75, 3.05) is 13.1 Å². The lowest BCUT2D eigenvalue weighted by Crippen LogP contribution is -2.57. The number of amides is 2. The normalized spacial score (nSPS) is 19.0. The largest absolute Gasteiger partial charge is 0.669 e. The van der Waals surface area contributed by atoms with Crippen LogP contribution in [0.2, 0.25) is 6.32 Å². The number of hydrogen-bond donors (Lipinski definition) is 5. The predicted octanol–water partition coefficient (Wildman–Crippen LogP) is -1.96. The summed E-state index contributed by atoms with van der Waals surface area (Å²) in [6.07, 6.45) is -0.451. The van der Waals surface area contributed by atoms with Gasteiger partial charge in [0, 0.05) is 0 Å². The quantitative estimate of drug-likeness (QED) is 0.341. The number of carbonyl (C=O) groups excluding carboxylic acids is 2. The number of primary amides is 1. The van der Waals surface area contributed by atoms with E-state index >= 15 is 0 Å². The van der Waals surface area contributed by atoms with Gasteiger partial charge < -0.3 is 40.9 Å². The van der Waals surface area contributed by atoms with Crippen LogP contribution in [0.25, 0.3) is 0 Å². The van der Waals surface area contributed by atoms with Crippen LogP contribution < -0.4 is 20.9 Å². The number of fused-ring (bicyclic) bond motifs is 1. The number of nitrogens with two attached hydrogens (primary N) is 2. The number of hydrogen-bond acceptors (Lipinski definition) is 8. The lowest BCUT2D eigenvalue weighted by molar-refractivity contribution is -0.141. The third kappa shape index (κ3) is 4.03. The first kappa shape index (κ1) is 19.9. The molecule has 28 heavy (non-hydrogen) atoms. The Morgan fingerprint density at radius 1 is 1.32 bits per heavy atom. The van der Waals surface area contributed by atoms with Crippen LogP contribution in [-0.2, 0) is 16.0 Å². The molecule has 2 amide bonds. The van der Waals surface area contributed by atoms with Crippen LogP contribution in [0.4, 0.5) is 0 Å². The highest BCUT2D eigenvalue weighted by molar-refractivity contribution is 6.59. The Kier molecular flexibility index (Phi) is 5.19. The highest BCUT2D eigenvalue weighted by Gasteiger charge is 2.36. The van der Waals surface area contributed by atoms with E-state index in [-0.39, 0.29) is 55.2 Å². The first-order valence-electron chi connectivity index (χ1n) is 8.75. The summed E-state index contributed by atoms with van der Waals surface area (Å²) >= 11 is 0. The van der Waals surface area contributed by atoms with E-state index in [9.17, 15) is 29.5 Å². The van der Waals surface area contributed by atoms with Crippen molar-refractivity contribution < 1.29 is 38.9 Å². The van der Waals surface area contributed by atoms with Gasteiger partial charge in [0.15, 0.2) is 0 Å². The molecule has 2 heterocycles. The van der Waals surface area contributed by atoms with Gasteiger partial charge in [-0.15, -0.1) is 0 Å². The molecule has 1 aromatic carbocycles. The molecule has 0 spiro atoms. The van der Waals surface area contributed by atoms with Crippen molar-refractivity contribution in [2.45, 2.75) is 31.3 Å². The van der Waals surface area contributed by atoms with E-state index in [1.807, 2.05) is 0 Å². The molecule has 0 unspecified atom stereocenters. The number of carboxylic acids is 1. The Labute approximate surface area is 159 Å². The van der Waals surface area contributed by atoms with Crippen molar-refractivity contribution in [2.24, 2.45) is 11.5 Å². The van der Waals surface area contributed by atoms with E-state index in [0.29, 0.717) is 5.56 Å². The molecular weight excluding hydrogens is 373 g/mol. The number of nitrogens with zero attached hydrogens (tertiary/aromatic N) is 1. The van der Waals surface area contributed by atoms with Crippen LogP contribution in [0, 0.1) is 0 Å². The van der Waals surface area contributed by atoms with Gasteiger partial charge in [-0.1, -0.05) is 12.4 Å². The Bertz CT molecular complexity index is 824. The zero-order chi connectivity index (χ0) is 20.6. The highest BCUT2D eigenvalue weighted by Crippen LogP contribution is 2.38. The van der Waals surface area contributed by atoms with Gasteiger partial charge in [0.1, 0.15) is 17.4 Å². The molecule has 7 N–H and O–H groups in total. The smallest absolute Gasteiger partial charge is 0.430 e. The van der Waals surface area contributed by atoms with Crippen LogP contribution in [0.1, 0.15) is 22.3 Å². The van der Waals surface area contributed by atoms with Crippen molar-refractivity contribution in [3.05, 3.63) is 23.3 Å². The summed E-state index contributed by atoms with van der Waals surface area (Å²) in [4.78, 5) is 36.1. The first-order valence-corrected chi connectivity index (χ1v) is 8.75. The Morgan fingerprint density at radius 3 is 2.61 bits per heavy atom. The summed E-state index contributed by atoms with van der Waals surface area (Å²) in [7, 11) is 0. The van der Waals surface area contributed by atoms with Crippen molar-refractivity contribution >= 4 is 24.5 Å². The van der Waals surface area contributed by atoms with Gasteiger partial charge in [-0.05, 0) is 18.1 Å². The third-order valence-electron chi connectivity index (χ3n) is 4.77. The fourth-order valence-corrected chi connectivity index (χ4v) is 3.14. The minimum atomic E-state index is -3.12. The average molecular weight is 394 g/mol. The Hall–Kier alpha value is -2.83. The van der Waals surface area contributed by atoms with Crippen molar-refractivity contribution in [1.29, 1.82) is 0 Å². The van der Waals surface area contributed by atoms with Crippen LogP contribution in [0.5, 0.6) is 11.5 Å². The SMILES string of the molecule is NC(=O)[C@@H](N)CC(=O)N1CC(Oc2ccc3c(c2C(=O)O)O[B-](O)(O)CC3)C1. The number of aromatic carboxylic acids is 1. The summed E-state index contributed by atoms with van der Waals surface area (Å²) < 4.78 is 10.8. The summed E-state index contributed by atoms with van der Waals surface area (Å²) in [5, 5.41) is 29.0. The van der Waals surface area contributed by atoms with E-state index in [1.54, 1.807) is 6.07 Å². The lowest BCUT2D eigenvalue weighted by atomic mass is 9.70. The van der Waals surface area contributed by atoms with Gasteiger partial charge in [-0.3, -0.25) is 9.59 Å². The van der Waals surface area contributed by atoms with Crippen LogP contribution in [0.3, 0.4) is 0 Å². The zero-order valence-electron chi connectivity index (χ0n) is 14.9. The molecule has 1 atom stereocenters. The standard InChI is InChI=1S/C16H21BN3O8/c18-10(15(19)22)5-12(21)20-6-9(7-20)27-11-2-1-8-3-4-17(25,26)28-14(8)13(11)16(23)24/h1-2,9-10,25-26H,3-7,18H2,(H2,19,22)(H,23,24)/q-1/t10-/m0/s1. The van der Waals surface area contributed by atoms with Gasteiger partial charge in [-0.25, -0.2) is 4.79 Å². The van der Waals surface area contributed by atoms with E-state index in [1.165, 1.54) is 11.0 Å². The van der Waals surface area contributed by atoms with Gasteiger partial charge in [0.05, 0.1) is 31.3 Å². The van der Waals surface area contributed by atoms with E-state index in [2.05, 4.69) is 0 Å². The fraction of sp³-hybridized carbons (Fsp3) is 0.438. The van der Waals surface area contributed by atoms with Crippen LogP contribution in [0.15, 0.2) is 12.1 Å². The molecule has 11 nitrogen and oxygen atoms in total. The molecule has 0 saturated carbocycles. The molecule has 2 aliphatic rings. The average Bonchev–Trinajstić information content (AvgIpc) is 2.55. The first-order chi connectivity index (χ1) is 13.1. The second-order valence-corrected chi connectivity index (χ2v) is 7.00. The van der Waals surface area contributed by atoms with E-state index in [0.717, 1.165) is 0 Å². The molecular formula is C16H21BN3O8-. The maximum Gasteiger partial charge on any atom is 0.430 e. The molecule has 0 bridgehead atoms. The highest BCUT2D eigenvalue weighted by atomic mass is 16.6. The number of carboxylic acid groups (broad SMARTS) is 1. The van der Waals surface area contributed by atoms with E-state index < -0.39 is 30.8 Å². The molecule has 1 saturated heterocycles. The summed E-state index contributed by atoms with van der Waals surface area (Å²) in [5.41, 5.74) is 10.7. The molecule has 1 aromatic rings. The van der Waals surface area contributed by atoms with Crippen molar-refractivity contribution in [3.8, 4) is 11.5 Å². The van der Waals surface area contributed by atoms with E-state index in [4.69, 9.17) is 20.9 Å². The number of carbonyl (C=O) groups is 3. The van der Waals surface area contributed by atoms with Gasteiger partial charge in [0.2, 0.25) is 11.8 Å². The molecule has 152 valence electrons. The summed E-state index contributed by atoms with van der Waals surface area (Å²) in [6, 6.07) is 2.02. The minimum absolute atomic E-state index is 0.00527. The third-order valence-corrected chi connectivity index (χ3v) is 4.77. The topological polar surface area (TPSA) is 186 Å². The summed E-state index contributed by atoms with van der Waals surface area (Å²) in [6.45, 7) is -2.74.